The lowest BCUT2D eigenvalue weighted by Gasteiger charge is -2.11. The average Bonchev–Trinajstić information content (AvgIpc) is 2.45. The quantitative estimate of drug-likeness (QED) is 0.862. The number of nitrogens with zero attached hydrogens (tertiary/aromatic N) is 1. The Morgan fingerprint density at radius 1 is 1.29 bits per heavy atom. The molecule has 110 valence electrons. The zero-order chi connectivity index (χ0) is 15.6. The summed E-state index contributed by atoms with van der Waals surface area (Å²) in [6.45, 7) is 3.12. The number of rotatable bonds is 4. The summed E-state index contributed by atoms with van der Waals surface area (Å²) in [7, 11) is 1.57. The van der Waals surface area contributed by atoms with E-state index in [0.717, 1.165) is 5.39 Å². The summed E-state index contributed by atoms with van der Waals surface area (Å²) in [6.07, 6.45) is -0.983. The van der Waals surface area contributed by atoms with Gasteiger partial charge in [-0.25, -0.2) is 4.79 Å². The first-order valence-corrected chi connectivity index (χ1v) is 6.38. The molecule has 0 bridgehead atoms. The van der Waals surface area contributed by atoms with Crippen molar-refractivity contribution in [2.75, 3.05) is 7.11 Å². The molecule has 1 aromatic heterocycles. The van der Waals surface area contributed by atoms with Crippen LogP contribution in [-0.2, 0) is 9.53 Å². The van der Waals surface area contributed by atoms with Crippen molar-refractivity contribution in [3.8, 4) is 5.75 Å². The fourth-order valence-electron chi connectivity index (χ4n) is 1.86. The number of carbonyl (C=O) groups excluding carboxylic acids is 2. The predicted octanol–water partition coefficient (Wildman–Crippen LogP) is 1.58. The topological polar surface area (TPSA) is 91.5 Å². The fraction of sp³-hybridized carbons (Fsp3) is 0.267. The number of methoxy groups -OCH3 is 1. The van der Waals surface area contributed by atoms with Gasteiger partial charge >= 0.3 is 5.97 Å². The summed E-state index contributed by atoms with van der Waals surface area (Å²) >= 11 is 0. The molecule has 0 spiro atoms. The lowest BCUT2D eigenvalue weighted by molar-refractivity contribution is -0.125. The van der Waals surface area contributed by atoms with Gasteiger partial charge < -0.3 is 15.2 Å². The van der Waals surface area contributed by atoms with Gasteiger partial charge in [-0.2, -0.15) is 0 Å². The van der Waals surface area contributed by atoms with Crippen LogP contribution in [0.4, 0.5) is 0 Å². The number of fused-ring (bicyclic) bond motifs is 1. The highest BCUT2D eigenvalue weighted by Crippen LogP contribution is 2.22. The predicted molar refractivity (Wildman–Crippen MR) is 77.1 cm³/mol. The molecular weight excluding hydrogens is 272 g/mol. The molecule has 0 radical (unpaired) electrons. The van der Waals surface area contributed by atoms with Crippen LogP contribution in [0, 0.1) is 6.92 Å². The first kappa shape index (κ1) is 14.8. The van der Waals surface area contributed by atoms with Gasteiger partial charge in [0.15, 0.2) is 6.10 Å². The number of ether oxygens (including phenoxy) is 2. The first-order valence-electron chi connectivity index (χ1n) is 6.38. The number of aromatic nitrogens is 1. The first-order chi connectivity index (χ1) is 9.92. The van der Waals surface area contributed by atoms with E-state index in [1.54, 1.807) is 38.3 Å². The molecular formula is C15H16N2O4. The molecule has 0 fully saturated rings. The third kappa shape index (κ3) is 3.10. The van der Waals surface area contributed by atoms with E-state index in [-0.39, 0.29) is 0 Å². The summed E-state index contributed by atoms with van der Waals surface area (Å²) in [5.74, 6) is -0.629. The third-order valence-electron chi connectivity index (χ3n) is 3.12. The summed E-state index contributed by atoms with van der Waals surface area (Å²) in [6, 6.07) is 7.03. The van der Waals surface area contributed by atoms with Gasteiger partial charge in [0.2, 0.25) is 0 Å². The molecule has 2 rings (SSSR count). The van der Waals surface area contributed by atoms with Crippen LogP contribution in [0.15, 0.2) is 24.3 Å². The Bertz CT molecular complexity index is 712. The van der Waals surface area contributed by atoms with Gasteiger partial charge in [-0.15, -0.1) is 0 Å². The SMILES string of the molecule is COc1ccc2cc(C(=O)O[C@H](C)C(N)=O)c(C)nc2c1. The van der Waals surface area contributed by atoms with Crippen LogP contribution < -0.4 is 10.5 Å². The maximum absolute atomic E-state index is 12.1. The Hall–Kier alpha value is -2.63. The molecule has 0 saturated carbocycles. The van der Waals surface area contributed by atoms with Gasteiger partial charge in [-0.3, -0.25) is 9.78 Å². The number of carbonyl (C=O) groups is 2. The molecule has 1 amide bonds. The second-order valence-electron chi connectivity index (χ2n) is 4.63. The lowest BCUT2D eigenvalue weighted by atomic mass is 10.1. The number of nitrogens with two attached hydrogens (primary N) is 1. The van der Waals surface area contributed by atoms with Gasteiger partial charge in [0.25, 0.3) is 5.91 Å². The maximum Gasteiger partial charge on any atom is 0.340 e. The Morgan fingerprint density at radius 3 is 2.62 bits per heavy atom. The molecule has 0 aliphatic carbocycles. The molecule has 0 unspecified atom stereocenters. The Morgan fingerprint density at radius 2 is 2.00 bits per heavy atom. The minimum absolute atomic E-state index is 0.306. The van der Waals surface area contributed by atoms with E-state index in [1.807, 2.05) is 0 Å². The van der Waals surface area contributed by atoms with E-state index >= 15 is 0 Å². The largest absolute Gasteiger partial charge is 0.497 e. The number of pyridine rings is 1. The van der Waals surface area contributed by atoms with Crippen LogP contribution >= 0.6 is 0 Å². The van der Waals surface area contributed by atoms with Crippen LogP contribution in [0.1, 0.15) is 23.0 Å². The fourth-order valence-corrected chi connectivity index (χ4v) is 1.86. The highest BCUT2D eigenvalue weighted by molar-refractivity contribution is 5.96. The minimum Gasteiger partial charge on any atom is -0.497 e. The zero-order valence-corrected chi connectivity index (χ0v) is 12.0. The highest BCUT2D eigenvalue weighted by atomic mass is 16.5. The number of hydrogen-bond acceptors (Lipinski definition) is 5. The van der Waals surface area contributed by atoms with E-state index < -0.39 is 18.0 Å². The van der Waals surface area contributed by atoms with Gasteiger partial charge in [0.1, 0.15) is 5.75 Å². The Balaban J connectivity index is 2.38. The van der Waals surface area contributed by atoms with Gasteiger partial charge in [0, 0.05) is 11.5 Å². The summed E-state index contributed by atoms with van der Waals surface area (Å²) < 4.78 is 10.1. The molecule has 1 aromatic carbocycles. The van der Waals surface area contributed by atoms with Gasteiger partial charge in [-0.05, 0) is 32.0 Å². The van der Waals surface area contributed by atoms with Crippen molar-refractivity contribution in [2.45, 2.75) is 20.0 Å². The monoisotopic (exact) mass is 288 g/mol. The second-order valence-corrected chi connectivity index (χ2v) is 4.63. The van der Waals surface area contributed by atoms with Crippen molar-refractivity contribution in [3.05, 3.63) is 35.5 Å². The molecule has 6 nitrogen and oxygen atoms in total. The van der Waals surface area contributed by atoms with E-state index in [2.05, 4.69) is 4.98 Å². The third-order valence-corrected chi connectivity index (χ3v) is 3.12. The molecule has 2 aromatic rings. The van der Waals surface area contributed by atoms with Crippen molar-refractivity contribution in [1.29, 1.82) is 0 Å². The van der Waals surface area contributed by atoms with Crippen LogP contribution in [0.2, 0.25) is 0 Å². The molecule has 6 heteroatoms. The molecule has 0 aliphatic heterocycles. The Kier molecular flexibility index (Phi) is 4.07. The number of benzene rings is 1. The van der Waals surface area contributed by atoms with Crippen molar-refractivity contribution in [1.82, 2.24) is 4.98 Å². The van der Waals surface area contributed by atoms with Crippen molar-refractivity contribution >= 4 is 22.8 Å². The van der Waals surface area contributed by atoms with Crippen LogP contribution in [0.5, 0.6) is 5.75 Å². The van der Waals surface area contributed by atoms with Gasteiger partial charge in [0.05, 0.1) is 23.9 Å². The summed E-state index contributed by atoms with van der Waals surface area (Å²) in [5.41, 5.74) is 6.61. The molecule has 2 N–H and O–H groups in total. The molecule has 0 saturated heterocycles. The molecule has 1 atom stereocenters. The molecule has 0 aliphatic rings. The number of aryl methyl sites for hydroxylation is 1. The van der Waals surface area contributed by atoms with Crippen molar-refractivity contribution in [3.63, 3.8) is 0 Å². The van der Waals surface area contributed by atoms with Gasteiger partial charge in [-0.1, -0.05) is 0 Å². The second kappa shape index (κ2) is 5.78. The summed E-state index contributed by atoms with van der Waals surface area (Å²) in [4.78, 5) is 27.4. The minimum atomic E-state index is -0.983. The van der Waals surface area contributed by atoms with Crippen LogP contribution in [0.3, 0.4) is 0 Å². The average molecular weight is 288 g/mol. The van der Waals surface area contributed by atoms with E-state index in [4.69, 9.17) is 15.2 Å². The van der Waals surface area contributed by atoms with E-state index in [9.17, 15) is 9.59 Å². The van der Waals surface area contributed by atoms with Crippen molar-refractivity contribution in [2.24, 2.45) is 5.73 Å². The maximum atomic E-state index is 12.1. The van der Waals surface area contributed by atoms with Crippen molar-refractivity contribution < 1.29 is 19.1 Å². The standard InChI is InChI=1S/C15H16N2O4/c1-8-12(15(19)21-9(2)14(16)18)6-10-4-5-11(20-3)7-13(10)17-8/h4-7,9H,1-3H3,(H2,16,18)/t9-/m1/s1. The van der Waals surface area contributed by atoms with E-state index in [1.165, 1.54) is 6.92 Å². The van der Waals surface area contributed by atoms with Crippen LogP contribution in [0.25, 0.3) is 10.9 Å². The lowest BCUT2D eigenvalue weighted by Crippen LogP contribution is -2.30. The number of primary amides is 1. The molecule has 1 heterocycles. The Labute approximate surface area is 121 Å². The normalized spacial score (nSPS) is 12.0. The number of hydrogen-bond donors (Lipinski definition) is 1. The summed E-state index contributed by atoms with van der Waals surface area (Å²) in [5, 5.41) is 0.778. The van der Waals surface area contributed by atoms with E-state index in [0.29, 0.717) is 22.5 Å². The highest BCUT2D eigenvalue weighted by Gasteiger charge is 2.19. The molecule has 21 heavy (non-hydrogen) atoms. The zero-order valence-electron chi connectivity index (χ0n) is 12.0. The number of esters is 1. The van der Waals surface area contributed by atoms with Crippen LogP contribution in [-0.4, -0.2) is 30.1 Å². The number of amides is 1. The smallest absolute Gasteiger partial charge is 0.340 e.